The first-order valence-electron chi connectivity index (χ1n) is 15.0. The fourth-order valence-corrected chi connectivity index (χ4v) is 6.71. The molecule has 2 aliphatic rings. The quantitative estimate of drug-likeness (QED) is 0.0583. The standard InChI is InChI=1S/C33H31N5O10S2/c1-38(16-6-2-3-9-28(39)40)21-13-10-19(11-14-21)36-37-20-12-15-24(26(17-20)49(43,44)45)35-25-18-27(50(46,47)48)31(34)30-29(25)32(41)22-7-4-5-8-23(22)33(30)42/h4-5,7-8,10-15,17-18,34,36-37H,2-3,6,9,16H2,1H3,(H,39,40)(H,43,44,45)(H,46,47,48). The number of carboxylic acids is 1. The zero-order valence-corrected chi connectivity index (χ0v) is 28.0. The molecule has 0 spiro atoms. The topological polar surface area (TPSA) is 244 Å². The number of fused-ring (bicyclic) bond motifs is 1. The Balaban J connectivity index is 1.50. The van der Waals surface area contributed by atoms with Gasteiger partial charge in [-0.15, -0.1) is 0 Å². The van der Waals surface area contributed by atoms with Crippen LogP contribution in [0.4, 0.5) is 22.7 Å². The number of hydrogen-bond donors (Lipinski definition) is 6. The van der Waals surface area contributed by atoms with Crippen LogP contribution in [0.2, 0.25) is 0 Å². The average molecular weight is 722 g/mol. The van der Waals surface area contributed by atoms with Gasteiger partial charge in [0, 0.05) is 36.5 Å². The molecule has 0 fully saturated rings. The molecule has 0 unspecified atom stereocenters. The van der Waals surface area contributed by atoms with Crippen molar-refractivity contribution in [1.82, 2.24) is 0 Å². The van der Waals surface area contributed by atoms with E-state index in [2.05, 4.69) is 15.8 Å². The Kier molecular flexibility index (Phi) is 10.1. The molecule has 0 bridgehead atoms. The molecule has 0 aromatic heterocycles. The Morgan fingerprint density at radius 1 is 0.780 bits per heavy atom. The van der Waals surface area contributed by atoms with Gasteiger partial charge in [0.05, 0.1) is 38.2 Å². The van der Waals surface area contributed by atoms with E-state index in [1.807, 2.05) is 24.1 Å². The van der Waals surface area contributed by atoms with Crippen LogP contribution in [0.3, 0.4) is 0 Å². The third-order valence-corrected chi connectivity index (χ3v) is 9.70. The van der Waals surface area contributed by atoms with Gasteiger partial charge in [0.1, 0.15) is 9.79 Å². The van der Waals surface area contributed by atoms with E-state index in [1.165, 1.54) is 36.4 Å². The molecule has 6 N–H and O–H groups in total. The fourth-order valence-electron chi connectivity index (χ4n) is 5.44. The fraction of sp³-hybridized carbons (Fsp3) is 0.182. The zero-order chi connectivity index (χ0) is 36.4. The van der Waals surface area contributed by atoms with Gasteiger partial charge in [0.15, 0.2) is 10.9 Å². The molecule has 3 aromatic rings. The van der Waals surface area contributed by atoms with Crippen LogP contribution in [0.1, 0.15) is 25.7 Å². The van der Waals surface area contributed by atoms with Gasteiger partial charge in [-0.1, -0.05) is 30.7 Å². The van der Waals surface area contributed by atoms with Crippen LogP contribution in [0.25, 0.3) is 10.8 Å². The Labute approximate surface area is 284 Å². The summed E-state index contributed by atoms with van der Waals surface area (Å²) in [5, 5.41) is 14.4. The lowest BCUT2D eigenvalue weighted by atomic mass is 10.0. The summed E-state index contributed by atoms with van der Waals surface area (Å²) in [6.07, 6.45) is 2.36. The van der Waals surface area contributed by atoms with E-state index in [4.69, 9.17) is 10.5 Å². The van der Waals surface area contributed by atoms with Crippen LogP contribution in [0.5, 0.6) is 0 Å². The van der Waals surface area contributed by atoms with Crippen molar-refractivity contribution in [3.63, 3.8) is 0 Å². The molecule has 260 valence electrons. The van der Waals surface area contributed by atoms with Crippen molar-refractivity contribution < 1.29 is 35.8 Å². The highest BCUT2D eigenvalue weighted by Crippen LogP contribution is 2.28. The van der Waals surface area contributed by atoms with Gasteiger partial charge >= 0.3 is 5.97 Å². The largest absolute Gasteiger partial charge is 0.481 e. The Morgan fingerprint density at radius 2 is 1.36 bits per heavy atom. The number of anilines is 3. The van der Waals surface area contributed by atoms with E-state index in [0.29, 0.717) is 18.2 Å². The van der Waals surface area contributed by atoms with Crippen molar-refractivity contribution in [2.75, 3.05) is 29.3 Å². The molecule has 0 saturated heterocycles. The Morgan fingerprint density at radius 3 is 1.96 bits per heavy atom. The van der Waals surface area contributed by atoms with Crippen LogP contribution in [-0.2, 0) is 25.0 Å². The highest BCUT2D eigenvalue weighted by molar-refractivity contribution is 7.86. The Hall–Kier alpha value is -5.49. The van der Waals surface area contributed by atoms with Gasteiger partial charge in [-0.25, -0.2) is 4.99 Å². The van der Waals surface area contributed by atoms with Gasteiger partial charge in [-0.05, 0) is 61.4 Å². The molecule has 0 heterocycles. The van der Waals surface area contributed by atoms with Crippen molar-refractivity contribution >= 4 is 59.7 Å². The number of aliphatic carboxylic acids is 1. The van der Waals surface area contributed by atoms with E-state index in [-0.39, 0.29) is 22.9 Å². The molecule has 0 aliphatic heterocycles. The minimum Gasteiger partial charge on any atom is -0.481 e. The molecular weight excluding hydrogens is 691 g/mol. The highest BCUT2D eigenvalue weighted by Gasteiger charge is 2.21. The van der Waals surface area contributed by atoms with Crippen molar-refractivity contribution in [1.29, 1.82) is 5.41 Å². The number of nitrogens with zero attached hydrogens (tertiary/aromatic N) is 2. The number of nitrogens with one attached hydrogen (secondary N) is 3. The van der Waals surface area contributed by atoms with Crippen molar-refractivity contribution in [3.05, 3.63) is 114 Å². The van der Waals surface area contributed by atoms with Crippen LogP contribution < -0.4 is 37.3 Å². The second kappa shape index (κ2) is 14.2. The molecule has 17 heteroatoms. The number of carboxylic acid groups (broad SMARTS) is 1. The predicted octanol–water partition coefficient (Wildman–Crippen LogP) is 2.89. The maximum absolute atomic E-state index is 13.6. The zero-order valence-electron chi connectivity index (χ0n) is 26.4. The predicted molar refractivity (Wildman–Crippen MR) is 184 cm³/mol. The van der Waals surface area contributed by atoms with Gasteiger partial charge in [0.2, 0.25) is 0 Å². The van der Waals surface area contributed by atoms with Crippen molar-refractivity contribution in [3.8, 4) is 0 Å². The first kappa shape index (κ1) is 35.8. The van der Waals surface area contributed by atoms with Crippen LogP contribution in [0, 0.1) is 15.8 Å². The van der Waals surface area contributed by atoms with Gasteiger partial charge in [0.25, 0.3) is 20.2 Å². The molecule has 50 heavy (non-hydrogen) atoms. The third-order valence-electron chi connectivity index (χ3n) is 7.94. The number of rotatable bonds is 13. The summed E-state index contributed by atoms with van der Waals surface area (Å²) in [6, 6.07) is 17.2. The van der Waals surface area contributed by atoms with Gasteiger partial charge in [-0.3, -0.25) is 28.9 Å². The van der Waals surface area contributed by atoms with Gasteiger partial charge < -0.3 is 20.9 Å². The molecule has 0 radical (unpaired) electrons. The summed E-state index contributed by atoms with van der Waals surface area (Å²) in [7, 11) is -8.19. The molecule has 0 amide bonds. The maximum atomic E-state index is 13.6. The van der Waals surface area contributed by atoms with E-state index in [9.17, 15) is 40.3 Å². The minimum atomic E-state index is -5.11. The molecular formula is C33H31N5O10S2. The summed E-state index contributed by atoms with van der Waals surface area (Å²) in [6.45, 7) is 0.728. The lowest BCUT2D eigenvalue weighted by Gasteiger charge is -2.20. The smallest absolute Gasteiger partial charge is 0.303 e. The number of hydrazine groups is 1. The van der Waals surface area contributed by atoms with E-state index < -0.39 is 73.7 Å². The second-order valence-electron chi connectivity index (χ2n) is 11.4. The summed E-state index contributed by atoms with van der Waals surface area (Å²) < 4.78 is 69.3. The summed E-state index contributed by atoms with van der Waals surface area (Å²) in [5.41, 5.74) is 5.30. The summed E-state index contributed by atoms with van der Waals surface area (Å²) in [4.78, 5) is 42.0. The normalized spacial score (nSPS) is 12.3. The number of carbonyl (C=O) groups is 1. The molecule has 3 aromatic carbocycles. The number of benzene rings is 3. The van der Waals surface area contributed by atoms with E-state index >= 15 is 0 Å². The summed E-state index contributed by atoms with van der Waals surface area (Å²) in [5.74, 6) is -0.815. The summed E-state index contributed by atoms with van der Waals surface area (Å²) >= 11 is 0. The lowest BCUT2D eigenvalue weighted by Crippen LogP contribution is -2.32. The minimum absolute atomic E-state index is 0.0475. The van der Waals surface area contributed by atoms with Gasteiger partial charge in [-0.2, -0.15) is 16.8 Å². The highest BCUT2D eigenvalue weighted by atomic mass is 32.2. The van der Waals surface area contributed by atoms with Crippen LogP contribution in [-0.4, -0.2) is 50.6 Å². The third kappa shape index (κ3) is 7.70. The molecule has 2 aliphatic carbocycles. The monoisotopic (exact) mass is 721 g/mol. The van der Waals surface area contributed by atoms with Crippen LogP contribution >= 0.6 is 0 Å². The van der Waals surface area contributed by atoms with Crippen molar-refractivity contribution in [2.24, 2.45) is 4.99 Å². The van der Waals surface area contributed by atoms with E-state index in [0.717, 1.165) is 31.1 Å². The molecule has 0 atom stereocenters. The first-order chi connectivity index (χ1) is 23.6. The molecule has 5 rings (SSSR count). The maximum Gasteiger partial charge on any atom is 0.303 e. The average Bonchev–Trinajstić information content (AvgIpc) is 3.06. The van der Waals surface area contributed by atoms with Crippen molar-refractivity contribution in [2.45, 2.75) is 35.5 Å². The molecule has 0 saturated carbocycles. The molecule has 15 nitrogen and oxygen atoms in total. The van der Waals surface area contributed by atoms with Crippen LogP contribution in [0.15, 0.2) is 97.2 Å². The number of hydrogen-bond acceptors (Lipinski definition) is 12. The second-order valence-corrected chi connectivity index (χ2v) is 14.2. The first-order valence-corrected chi connectivity index (χ1v) is 17.9. The number of unbranched alkanes of at least 4 members (excludes halogenated alkanes) is 2. The van der Waals surface area contributed by atoms with E-state index in [1.54, 1.807) is 12.1 Å². The lowest BCUT2D eigenvalue weighted by molar-refractivity contribution is -0.137. The Bertz CT molecular complexity index is 2640. The SMILES string of the molecule is CN(CCCCCC(=O)O)c1ccc(NNc2ccc(N=c3cc(S(=O)(=O)O)c(=N)c4c(=O)c5ccccc5c(=O)c3=4)c(S(=O)(=O)O)c2)cc1.